The summed E-state index contributed by atoms with van der Waals surface area (Å²) in [6.45, 7) is 4.15. The van der Waals surface area contributed by atoms with E-state index < -0.39 is 0 Å². The molecule has 1 aromatic rings. The molecule has 0 saturated heterocycles. The van der Waals surface area contributed by atoms with Gasteiger partial charge in [-0.05, 0) is 25.0 Å². The molecule has 0 aliphatic carbocycles. The Kier molecular flexibility index (Phi) is 3.57. The number of aromatic nitrogens is 1. The summed E-state index contributed by atoms with van der Waals surface area (Å²) >= 11 is 0. The summed E-state index contributed by atoms with van der Waals surface area (Å²) in [5.41, 5.74) is 8.11. The molecule has 0 aromatic carbocycles. The lowest BCUT2D eigenvalue weighted by atomic mass is 10.1. The van der Waals surface area contributed by atoms with Crippen LogP contribution in [0.5, 0.6) is 0 Å². The molecule has 0 fully saturated rings. The first kappa shape index (κ1) is 11.1. The molecule has 2 N–H and O–H groups in total. The maximum absolute atomic E-state index is 5.94. The minimum atomic E-state index is 0.0651. The third kappa shape index (κ3) is 2.42. The van der Waals surface area contributed by atoms with Crippen LogP contribution >= 0.6 is 0 Å². The number of nitrogens with zero attached hydrogens (tertiary/aromatic N) is 2. The molecule has 16 heavy (non-hydrogen) atoms. The first-order valence-electron chi connectivity index (χ1n) is 5.92. The van der Waals surface area contributed by atoms with Crippen LogP contribution in [0.15, 0.2) is 30.5 Å². The van der Waals surface area contributed by atoms with Crippen molar-refractivity contribution < 1.29 is 0 Å². The third-order valence-electron chi connectivity index (χ3n) is 3.01. The molecule has 2 rings (SSSR count). The number of nitrogens with two attached hydrogens (primary N) is 1. The molecule has 1 aliphatic rings. The van der Waals surface area contributed by atoms with E-state index in [1.807, 2.05) is 12.3 Å². The van der Waals surface area contributed by atoms with Gasteiger partial charge in [-0.25, -0.2) is 0 Å². The van der Waals surface area contributed by atoms with E-state index in [-0.39, 0.29) is 6.04 Å². The zero-order chi connectivity index (χ0) is 11.4. The predicted octanol–water partition coefficient (Wildman–Crippen LogP) is 2.26. The smallest absolute Gasteiger partial charge is 0.0572 e. The molecule has 0 saturated carbocycles. The molecule has 1 aliphatic heterocycles. The van der Waals surface area contributed by atoms with Crippen molar-refractivity contribution >= 4 is 5.69 Å². The van der Waals surface area contributed by atoms with Crippen molar-refractivity contribution in [3.05, 3.63) is 36.2 Å². The summed E-state index contributed by atoms with van der Waals surface area (Å²) in [6.07, 6.45) is 8.42. The highest BCUT2D eigenvalue weighted by Crippen LogP contribution is 2.18. The van der Waals surface area contributed by atoms with Crippen molar-refractivity contribution in [2.75, 3.05) is 18.0 Å². The molecular formula is C13H19N3. The summed E-state index contributed by atoms with van der Waals surface area (Å²) in [5.74, 6) is 0. The van der Waals surface area contributed by atoms with Gasteiger partial charge in [0, 0.05) is 19.1 Å². The van der Waals surface area contributed by atoms with Crippen molar-refractivity contribution in [2.24, 2.45) is 5.73 Å². The molecule has 0 spiro atoms. The first-order valence-corrected chi connectivity index (χ1v) is 5.92. The van der Waals surface area contributed by atoms with E-state index in [0.717, 1.165) is 31.6 Å². The van der Waals surface area contributed by atoms with Crippen molar-refractivity contribution in [1.82, 2.24) is 4.98 Å². The highest BCUT2D eigenvalue weighted by molar-refractivity contribution is 5.46. The highest BCUT2D eigenvalue weighted by Gasteiger charge is 2.09. The second-order valence-corrected chi connectivity index (χ2v) is 4.16. The number of rotatable bonds is 3. The van der Waals surface area contributed by atoms with Crippen molar-refractivity contribution in [3.63, 3.8) is 0 Å². The first-order chi connectivity index (χ1) is 7.81. The van der Waals surface area contributed by atoms with Crippen molar-refractivity contribution in [2.45, 2.75) is 25.8 Å². The lowest BCUT2D eigenvalue weighted by molar-refractivity contribution is 0.674. The fourth-order valence-corrected chi connectivity index (χ4v) is 1.89. The molecule has 3 heteroatoms. The van der Waals surface area contributed by atoms with Gasteiger partial charge in [0.25, 0.3) is 0 Å². The molecular weight excluding hydrogens is 198 g/mol. The zero-order valence-electron chi connectivity index (χ0n) is 9.76. The van der Waals surface area contributed by atoms with E-state index in [9.17, 15) is 0 Å². The summed E-state index contributed by atoms with van der Waals surface area (Å²) in [5, 5.41) is 0. The van der Waals surface area contributed by atoms with Gasteiger partial charge in [0.05, 0.1) is 17.6 Å². The number of anilines is 1. The highest BCUT2D eigenvalue weighted by atomic mass is 15.1. The minimum absolute atomic E-state index is 0.0651. The number of hydrogen-bond acceptors (Lipinski definition) is 3. The zero-order valence-corrected chi connectivity index (χ0v) is 9.76. The predicted molar refractivity (Wildman–Crippen MR) is 67.4 cm³/mol. The van der Waals surface area contributed by atoms with Crippen LogP contribution in [0.2, 0.25) is 0 Å². The van der Waals surface area contributed by atoms with E-state index in [0.29, 0.717) is 0 Å². The average Bonchev–Trinajstić information content (AvgIpc) is 2.39. The van der Waals surface area contributed by atoms with Gasteiger partial charge in [-0.1, -0.05) is 19.1 Å². The van der Waals surface area contributed by atoms with E-state index in [2.05, 4.69) is 35.0 Å². The van der Waals surface area contributed by atoms with E-state index in [1.165, 1.54) is 5.69 Å². The van der Waals surface area contributed by atoms with Crippen molar-refractivity contribution in [1.29, 1.82) is 0 Å². The summed E-state index contributed by atoms with van der Waals surface area (Å²) in [6, 6.07) is 4.23. The van der Waals surface area contributed by atoms with Crippen LogP contribution in [0.4, 0.5) is 5.69 Å². The van der Waals surface area contributed by atoms with Gasteiger partial charge in [-0.2, -0.15) is 0 Å². The fraction of sp³-hybridized carbons (Fsp3) is 0.462. The second kappa shape index (κ2) is 5.12. The SMILES string of the molecule is CC[C@@H](N)c1ccc(N2CC=CCC2)cn1. The summed E-state index contributed by atoms with van der Waals surface area (Å²) < 4.78 is 0. The molecule has 0 amide bonds. The van der Waals surface area contributed by atoms with Crippen LogP contribution in [0, 0.1) is 0 Å². The molecule has 1 aromatic heterocycles. The summed E-state index contributed by atoms with van der Waals surface area (Å²) in [4.78, 5) is 6.76. The molecule has 2 heterocycles. The van der Waals surface area contributed by atoms with Gasteiger partial charge in [0.2, 0.25) is 0 Å². The van der Waals surface area contributed by atoms with E-state index >= 15 is 0 Å². The van der Waals surface area contributed by atoms with Crippen LogP contribution in [0.25, 0.3) is 0 Å². The third-order valence-corrected chi connectivity index (χ3v) is 3.01. The molecule has 86 valence electrons. The lowest BCUT2D eigenvalue weighted by Gasteiger charge is -2.25. The van der Waals surface area contributed by atoms with Crippen molar-refractivity contribution in [3.8, 4) is 0 Å². The Labute approximate surface area is 97.0 Å². The van der Waals surface area contributed by atoms with Gasteiger partial charge in [0.1, 0.15) is 0 Å². The number of pyridine rings is 1. The van der Waals surface area contributed by atoms with E-state index in [4.69, 9.17) is 5.73 Å². The standard InChI is InChI=1S/C13H19N3/c1-2-12(14)13-7-6-11(10-15-13)16-8-4-3-5-9-16/h3-4,6-7,10,12H,2,5,8-9,14H2,1H3/t12-/m1/s1. The Morgan fingerprint density at radius 1 is 1.44 bits per heavy atom. The molecule has 0 bridgehead atoms. The molecule has 3 nitrogen and oxygen atoms in total. The van der Waals surface area contributed by atoms with Gasteiger partial charge in [0.15, 0.2) is 0 Å². The fourth-order valence-electron chi connectivity index (χ4n) is 1.89. The lowest BCUT2D eigenvalue weighted by Crippen LogP contribution is -2.26. The Bertz CT molecular complexity index is 356. The van der Waals surface area contributed by atoms with Crippen LogP contribution in [-0.2, 0) is 0 Å². The van der Waals surface area contributed by atoms with Crippen LogP contribution in [0.1, 0.15) is 31.5 Å². The maximum atomic E-state index is 5.94. The summed E-state index contributed by atoms with van der Waals surface area (Å²) in [7, 11) is 0. The Morgan fingerprint density at radius 2 is 2.31 bits per heavy atom. The van der Waals surface area contributed by atoms with Gasteiger partial charge < -0.3 is 10.6 Å². The van der Waals surface area contributed by atoms with Crippen LogP contribution in [-0.4, -0.2) is 18.1 Å². The number of hydrogen-bond donors (Lipinski definition) is 1. The molecule has 1 atom stereocenters. The monoisotopic (exact) mass is 217 g/mol. The quantitative estimate of drug-likeness (QED) is 0.790. The van der Waals surface area contributed by atoms with Crippen LogP contribution in [0.3, 0.4) is 0 Å². The maximum Gasteiger partial charge on any atom is 0.0572 e. The minimum Gasteiger partial charge on any atom is -0.366 e. The second-order valence-electron chi connectivity index (χ2n) is 4.16. The largest absolute Gasteiger partial charge is 0.366 e. The topological polar surface area (TPSA) is 42.1 Å². The molecule has 0 radical (unpaired) electrons. The van der Waals surface area contributed by atoms with Crippen LogP contribution < -0.4 is 10.6 Å². The Morgan fingerprint density at radius 3 is 2.88 bits per heavy atom. The average molecular weight is 217 g/mol. The van der Waals surface area contributed by atoms with Gasteiger partial charge in [-0.3, -0.25) is 4.98 Å². The molecule has 0 unspecified atom stereocenters. The van der Waals surface area contributed by atoms with Gasteiger partial charge >= 0.3 is 0 Å². The van der Waals surface area contributed by atoms with E-state index in [1.54, 1.807) is 0 Å². The Hall–Kier alpha value is -1.35. The van der Waals surface area contributed by atoms with Gasteiger partial charge in [-0.15, -0.1) is 0 Å². The normalized spacial score (nSPS) is 17.5. The Balaban J connectivity index is 2.09.